The summed E-state index contributed by atoms with van der Waals surface area (Å²) >= 11 is 0. The Morgan fingerprint density at radius 2 is 1.33 bits per heavy atom. The lowest BCUT2D eigenvalue weighted by atomic mass is 9.59. The minimum Gasteiger partial charge on any atom is -0.219 e. The smallest absolute Gasteiger partial charge is 0.157 e. The number of rotatable bonds is 4. The van der Waals surface area contributed by atoms with Gasteiger partial charge in [0, 0.05) is 5.92 Å². The van der Waals surface area contributed by atoms with Gasteiger partial charge >= 0.3 is 0 Å². The maximum absolute atomic E-state index is 6.40. The second-order valence-corrected chi connectivity index (χ2v) is 7.70. The van der Waals surface area contributed by atoms with Crippen LogP contribution in [0.2, 0.25) is 0 Å². The third kappa shape index (κ3) is 2.27. The predicted octanol–water partition coefficient (Wildman–Crippen LogP) is 5.96. The Labute approximate surface area is 160 Å². The lowest BCUT2D eigenvalue weighted by Gasteiger charge is -2.57. The fourth-order valence-electron chi connectivity index (χ4n) is 5.12. The van der Waals surface area contributed by atoms with Crippen molar-refractivity contribution in [1.82, 2.24) is 0 Å². The molecule has 3 atom stereocenters. The molecule has 2 bridgehead atoms. The minimum absolute atomic E-state index is 0.355. The maximum atomic E-state index is 6.40. The topological polar surface area (TPSA) is 18.5 Å². The normalized spacial score (nSPS) is 28.7. The molecule has 1 unspecified atom stereocenters. The van der Waals surface area contributed by atoms with E-state index in [0.717, 1.165) is 19.3 Å². The van der Waals surface area contributed by atoms with Crippen LogP contribution in [-0.2, 0) is 21.0 Å². The number of hydrogen-bond acceptors (Lipinski definition) is 2. The van der Waals surface area contributed by atoms with E-state index in [1.165, 1.54) is 22.3 Å². The van der Waals surface area contributed by atoms with Gasteiger partial charge in [0.1, 0.15) is 0 Å². The molecule has 6 rings (SSSR count). The van der Waals surface area contributed by atoms with Crippen molar-refractivity contribution in [1.29, 1.82) is 0 Å². The first-order valence-corrected chi connectivity index (χ1v) is 9.89. The maximum Gasteiger partial charge on any atom is 0.157 e. The van der Waals surface area contributed by atoms with Crippen LogP contribution in [-0.4, -0.2) is 0 Å². The molecule has 0 amide bonds. The van der Waals surface area contributed by atoms with Crippen LogP contribution in [0.5, 0.6) is 0 Å². The first-order valence-electron chi connectivity index (χ1n) is 9.89. The van der Waals surface area contributed by atoms with Crippen LogP contribution in [0.15, 0.2) is 84.9 Å². The fourth-order valence-corrected chi connectivity index (χ4v) is 5.12. The van der Waals surface area contributed by atoms with Crippen LogP contribution in [0, 0.1) is 5.92 Å². The lowest BCUT2D eigenvalue weighted by Crippen LogP contribution is -2.57. The molecule has 3 aliphatic rings. The van der Waals surface area contributed by atoms with Crippen molar-refractivity contribution in [3.8, 4) is 0 Å². The molecule has 2 nitrogen and oxygen atoms in total. The van der Waals surface area contributed by atoms with Gasteiger partial charge in [0.25, 0.3) is 0 Å². The summed E-state index contributed by atoms with van der Waals surface area (Å²) in [6, 6.07) is 29.8. The fraction of sp³-hybridized carbons (Fsp3) is 0.280. The molecule has 0 saturated carbocycles. The molecular formula is C25H24O2. The molecule has 2 aliphatic heterocycles. The van der Waals surface area contributed by atoms with E-state index >= 15 is 0 Å². The highest BCUT2D eigenvalue weighted by Crippen LogP contribution is 2.61. The van der Waals surface area contributed by atoms with Gasteiger partial charge in [-0.15, -0.1) is 0 Å². The molecule has 27 heavy (non-hydrogen) atoms. The lowest BCUT2D eigenvalue weighted by molar-refractivity contribution is -0.458. The summed E-state index contributed by atoms with van der Waals surface area (Å²) in [6.45, 7) is 2.25. The Hall–Kier alpha value is -2.42. The highest BCUT2D eigenvalue weighted by atomic mass is 17.2. The van der Waals surface area contributed by atoms with E-state index < -0.39 is 11.2 Å². The molecule has 1 fully saturated rings. The monoisotopic (exact) mass is 356 g/mol. The predicted molar refractivity (Wildman–Crippen MR) is 106 cm³/mol. The molecule has 0 aromatic heterocycles. The van der Waals surface area contributed by atoms with Gasteiger partial charge in [-0.3, -0.25) is 0 Å². The molecule has 0 spiro atoms. The van der Waals surface area contributed by atoms with Crippen molar-refractivity contribution in [2.75, 3.05) is 0 Å². The summed E-state index contributed by atoms with van der Waals surface area (Å²) in [4.78, 5) is 12.7. The van der Waals surface area contributed by atoms with Gasteiger partial charge in [-0.05, 0) is 35.1 Å². The molecule has 2 heteroatoms. The van der Waals surface area contributed by atoms with Crippen LogP contribution < -0.4 is 0 Å². The minimum atomic E-state index is -0.537. The summed E-state index contributed by atoms with van der Waals surface area (Å²) in [5, 5.41) is 0. The van der Waals surface area contributed by atoms with E-state index in [1.807, 2.05) is 0 Å². The number of hydrogen-bond donors (Lipinski definition) is 0. The van der Waals surface area contributed by atoms with Crippen molar-refractivity contribution < 1.29 is 9.78 Å². The van der Waals surface area contributed by atoms with Crippen LogP contribution in [0.4, 0.5) is 0 Å². The first-order chi connectivity index (χ1) is 13.3. The Bertz CT molecular complexity index is 937. The molecule has 2 heterocycles. The SMILES string of the molecule is CCCC1C[C@@]2(c3ccccc3)OO[C@]1(c1ccccc1)c1ccccc12. The van der Waals surface area contributed by atoms with Crippen molar-refractivity contribution in [2.24, 2.45) is 5.92 Å². The van der Waals surface area contributed by atoms with Crippen LogP contribution in [0.25, 0.3) is 0 Å². The molecule has 0 radical (unpaired) electrons. The second-order valence-electron chi connectivity index (χ2n) is 7.70. The van der Waals surface area contributed by atoms with Crippen molar-refractivity contribution in [2.45, 2.75) is 37.4 Å². The molecule has 0 N–H and O–H groups in total. The van der Waals surface area contributed by atoms with E-state index in [4.69, 9.17) is 9.78 Å². The Morgan fingerprint density at radius 3 is 2.00 bits per heavy atom. The Kier molecular flexibility index (Phi) is 3.92. The molecule has 136 valence electrons. The van der Waals surface area contributed by atoms with E-state index in [1.54, 1.807) is 0 Å². The summed E-state index contributed by atoms with van der Waals surface area (Å²) in [6.07, 6.45) is 3.15. The zero-order valence-electron chi connectivity index (χ0n) is 15.6. The van der Waals surface area contributed by atoms with E-state index in [9.17, 15) is 0 Å². The van der Waals surface area contributed by atoms with Gasteiger partial charge in [0.05, 0.1) is 0 Å². The van der Waals surface area contributed by atoms with Gasteiger partial charge < -0.3 is 0 Å². The van der Waals surface area contributed by atoms with Gasteiger partial charge in [-0.2, -0.15) is 0 Å². The van der Waals surface area contributed by atoms with E-state index in [2.05, 4.69) is 91.9 Å². The van der Waals surface area contributed by atoms with Crippen LogP contribution in [0.1, 0.15) is 48.4 Å². The Morgan fingerprint density at radius 1 is 0.741 bits per heavy atom. The largest absolute Gasteiger partial charge is 0.219 e. The first kappa shape index (κ1) is 16.7. The van der Waals surface area contributed by atoms with Gasteiger partial charge in [-0.1, -0.05) is 98.3 Å². The molecule has 3 aromatic carbocycles. The highest BCUT2D eigenvalue weighted by Gasteiger charge is 2.61. The van der Waals surface area contributed by atoms with Crippen LogP contribution in [0.3, 0.4) is 0 Å². The Balaban J connectivity index is 1.79. The average Bonchev–Trinajstić information content (AvgIpc) is 2.76. The summed E-state index contributed by atoms with van der Waals surface area (Å²) in [7, 11) is 0. The average molecular weight is 356 g/mol. The standard InChI is InChI=1S/C25H24O2/c1-2-11-21-18-24(19-12-5-3-6-13-19)22-16-9-10-17-23(22)25(21,27-26-24)20-14-7-4-8-15-20/h3-10,12-17,21H,2,11,18H2,1H3/t21?,24-,25-/m0/s1. The highest BCUT2D eigenvalue weighted by molar-refractivity contribution is 5.52. The van der Waals surface area contributed by atoms with Crippen molar-refractivity contribution in [3.63, 3.8) is 0 Å². The zero-order valence-corrected chi connectivity index (χ0v) is 15.6. The third-order valence-corrected chi connectivity index (χ3v) is 6.27. The summed E-state index contributed by atoms with van der Waals surface area (Å²) in [5.41, 5.74) is 3.75. The van der Waals surface area contributed by atoms with Gasteiger partial charge in [0.2, 0.25) is 0 Å². The van der Waals surface area contributed by atoms with Gasteiger partial charge in [0.15, 0.2) is 11.2 Å². The number of fused-ring (bicyclic) bond motifs is 2. The third-order valence-electron chi connectivity index (χ3n) is 6.27. The van der Waals surface area contributed by atoms with Gasteiger partial charge in [-0.25, -0.2) is 9.78 Å². The second kappa shape index (κ2) is 6.33. The molecule has 1 aliphatic carbocycles. The van der Waals surface area contributed by atoms with Crippen molar-refractivity contribution >= 4 is 0 Å². The summed E-state index contributed by atoms with van der Waals surface area (Å²) < 4.78 is 0. The number of benzene rings is 3. The molecular weight excluding hydrogens is 332 g/mol. The van der Waals surface area contributed by atoms with Crippen LogP contribution >= 0.6 is 0 Å². The quantitative estimate of drug-likeness (QED) is 0.537. The van der Waals surface area contributed by atoms with E-state index in [-0.39, 0.29) is 0 Å². The van der Waals surface area contributed by atoms with E-state index in [0.29, 0.717) is 5.92 Å². The van der Waals surface area contributed by atoms with Crippen molar-refractivity contribution in [3.05, 3.63) is 107 Å². The summed E-state index contributed by atoms with van der Waals surface area (Å²) in [5.74, 6) is 0.355. The zero-order chi connectivity index (χ0) is 18.3. The molecule has 1 saturated heterocycles. The molecule has 3 aromatic rings.